The van der Waals surface area contributed by atoms with E-state index in [-0.39, 0.29) is 11.3 Å². The lowest BCUT2D eigenvalue weighted by atomic mass is 9.62. The van der Waals surface area contributed by atoms with Crippen LogP contribution in [0.2, 0.25) is 0 Å². The van der Waals surface area contributed by atoms with Gasteiger partial charge >= 0.3 is 0 Å². The maximum absolute atomic E-state index is 13.0. The van der Waals surface area contributed by atoms with E-state index in [4.69, 9.17) is 18.9 Å². The van der Waals surface area contributed by atoms with E-state index >= 15 is 0 Å². The number of ether oxygens (including phenoxy) is 4. The van der Waals surface area contributed by atoms with E-state index < -0.39 is 0 Å². The molecular formula is C30H42N2O5. The lowest BCUT2D eigenvalue weighted by Crippen LogP contribution is -2.39. The third kappa shape index (κ3) is 5.98. The van der Waals surface area contributed by atoms with E-state index in [9.17, 15) is 4.79 Å². The summed E-state index contributed by atoms with van der Waals surface area (Å²) in [6.07, 6.45) is 7.05. The summed E-state index contributed by atoms with van der Waals surface area (Å²) < 4.78 is 21.9. The van der Waals surface area contributed by atoms with E-state index in [1.165, 1.54) is 30.4 Å². The molecule has 2 aliphatic rings. The fraction of sp³-hybridized carbons (Fsp3) is 0.567. The summed E-state index contributed by atoms with van der Waals surface area (Å²) >= 11 is 0. The van der Waals surface area contributed by atoms with Crippen molar-refractivity contribution < 1.29 is 23.7 Å². The molecule has 0 radical (unpaired) electrons. The fourth-order valence-electron chi connectivity index (χ4n) is 5.75. The van der Waals surface area contributed by atoms with Crippen LogP contribution >= 0.6 is 0 Å². The van der Waals surface area contributed by atoms with E-state index in [2.05, 4.69) is 24.1 Å². The first kappa shape index (κ1) is 27.1. The van der Waals surface area contributed by atoms with Crippen molar-refractivity contribution >= 4 is 5.91 Å². The van der Waals surface area contributed by atoms with Crippen LogP contribution in [0.4, 0.5) is 0 Å². The zero-order valence-corrected chi connectivity index (χ0v) is 23.1. The van der Waals surface area contributed by atoms with E-state index in [0.29, 0.717) is 12.2 Å². The molecule has 1 aliphatic heterocycles. The first-order valence-corrected chi connectivity index (χ1v) is 13.4. The van der Waals surface area contributed by atoms with Gasteiger partial charge in [-0.25, -0.2) is 0 Å². The smallest absolute Gasteiger partial charge is 0.227 e. The summed E-state index contributed by atoms with van der Waals surface area (Å²) in [6.45, 7) is 3.54. The molecule has 7 heteroatoms. The Labute approximate surface area is 221 Å². The minimum absolute atomic E-state index is 0.190. The highest BCUT2D eigenvalue weighted by molar-refractivity contribution is 5.80. The second kappa shape index (κ2) is 12.1. The average Bonchev–Trinajstić information content (AvgIpc) is 3.04. The average molecular weight is 511 g/mol. The van der Waals surface area contributed by atoms with Crippen LogP contribution in [0.5, 0.6) is 23.0 Å². The third-order valence-corrected chi connectivity index (χ3v) is 8.30. The van der Waals surface area contributed by atoms with Crippen LogP contribution < -0.4 is 18.9 Å². The van der Waals surface area contributed by atoms with Gasteiger partial charge < -0.3 is 28.7 Å². The zero-order chi connectivity index (χ0) is 26.4. The van der Waals surface area contributed by atoms with Crippen molar-refractivity contribution in [3.05, 3.63) is 47.0 Å². The highest BCUT2D eigenvalue weighted by Gasteiger charge is 2.38. The molecular weight excluding hydrogens is 468 g/mol. The molecule has 0 bridgehead atoms. The van der Waals surface area contributed by atoms with Gasteiger partial charge in [0, 0.05) is 13.1 Å². The Balaban J connectivity index is 1.28. The molecule has 1 fully saturated rings. The summed E-state index contributed by atoms with van der Waals surface area (Å²) in [5.74, 6) is 3.18. The van der Waals surface area contributed by atoms with Crippen molar-refractivity contribution in [1.82, 2.24) is 9.80 Å². The van der Waals surface area contributed by atoms with Gasteiger partial charge in [-0.3, -0.25) is 4.79 Å². The summed E-state index contributed by atoms with van der Waals surface area (Å²) in [7, 11) is 8.85. The Morgan fingerprint density at radius 2 is 1.51 bits per heavy atom. The highest BCUT2D eigenvalue weighted by Crippen LogP contribution is 2.48. The van der Waals surface area contributed by atoms with Gasteiger partial charge in [-0.05, 0) is 98.6 Å². The zero-order valence-electron chi connectivity index (χ0n) is 23.1. The second-order valence-electron chi connectivity index (χ2n) is 10.4. The van der Waals surface area contributed by atoms with Gasteiger partial charge in [0.15, 0.2) is 23.0 Å². The van der Waals surface area contributed by atoms with E-state index in [1.807, 2.05) is 23.1 Å². The molecule has 202 valence electrons. The van der Waals surface area contributed by atoms with Gasteiger partial charge in [0.2, 0.25) is 5.91 Å². The molecule has 0 N–H and O–H groups in total. The number of fused-ring (bicyclic) bond motifs is 1. The van der Waals surface area contributed by atoms with E-state index in [0.717, 1.165) is 68.3 Å². The highest BCUT2D eigenvalue weighted by atomic mass is 16.5. The topological polar surface area (TPSA) is 60.5 Å². The summed E-state index contributed by atoms with van der Waals surface area (Å²) in [4.78, 5) is 17.4. The second-order valence-corrected chi connectivity index (χ2v) is 10.4. The largest absolute Gasteiger partial charge is 0.493 e. The minimum atomic E-state index is 0.190. The quantitative estimate of drug-likeness (QED) is 0.420. The number of rotatable bonds is 12. The van der Waals surface area contributed by atoms with Crippen molar-refractivity contribution in [2.75, 3.05) is 61.7 Å². The normalized spacial score (nSPS) is 16.6. The number of hydrogen-bond donors (Lipinski definition) is 0. The van der Waals surface area contributed by atoms with E-state index in [1.54, 1.807) is 28.4 Å². The number of amides is 1. The summed E-state index contributed by atoms with van der Waals surface area (Å²) in [5, 5.41) is 0. The van der Waals surface area contributed by atoms with Crippen LogP contribution in [0.1, 0.15) is 48.8 Å². The molecule has 2 aromatic rings. The molecule has 1 heterocycles. The Kier molecular flexibility index (Phi) is 8.85. The third-order valence-electron chi connectivity index (χ3n) is 8.30. The van der Waals surface area contributed by atoms with Gasteiger partial charge in [-0.1, -0.05) is 12.5 Å². The Morgan fingerprint density at radius 1 is 0.865 bits per heavy atom. The fourth-order valence-corrected chi connectivity index (χ4v) is 5.75. The van der Waals surface area contributed by atoms with Crippen molar-refractivity contribution in [2.45, 2.75) is 50.4 Å². The number of benzene rings is 2. The maximum atomic E-state index is 13.0. The Bertz CT molecular complexity index is 1080. The standard InChI is InChI=1S/C30H42N2O5/c1-31(17-13-30(11-6-12-30)24-8-9-25(34-2)28(21-24)37-5)14-7-15-32-16-10-22-18-26(35-3)27(36-4)19-23(22)20-29(32)33/h8-9,18-19,21H,6-7,10-17,20H2,1-5H3. The van der Waals surface area contributed by atoms with Crippen molar-refractivity contribution in [2.24, 2.45) is 0 Å². The lowest BCUT2D eigenvalue weighted by Gasteiger charge is -2.43. The van der Waals surface area contributed by atoms with Crippen LogP contribution in [-0.2, 0) is 23.1 Å². The lowest BCUT2D eigenvalue weighted by molar-refractivity contribution is -0.130. The van der Waals surface area contributed by atoms with Crippen LogP contribution in [0.15, 0.2) is 30.3 Å². The first-order valence-electron chi connectivity index (χ1n) is 13.4. The predicted molar refractivity (Wildman–Crippen MR) is 145 cm³/mol. The molecule has 7 nitrogen and oxygen atoms in total. The number of nitrogens with zero attached hydrogens (tertiary/aromatic N) is 2. The number of hydrogen-bond acceptors (Lipinski definition) is 6. The van der Waals surface area contributed by atoms with Crippen molar-refractivity contribution in [3.8, 4) is 23.0 Å². The van der Waals surface area contributed by atoms with Crippen LogP contribution in [0.3, 0.4) is 0 Å². The van der Waals surface area contributed by atoms with Gasteiger partial charge in [0.1, 0.15) is 0 Å². The van der Waals surface area contributed by atoms with Crippen molar-refractivity contribution in [3.63, 3.8) is 0 Å². The predicted octanol–water partition coefficient (Wildman–Crippen LogP) is 4.48. The van der Waals surface area contributed by atoms with Gasteiger partial charge in [0.05, 0.1) is 34.9 Å². The number of carbonyl (C=O) groups is 1. The molecule has 0 aromatic heterocycles. The van der Waals surface area contributed by atoms with Crippen molar-refractivity contribution in [1.29, 1.82) is 0 Å². The Hall–Kier alpha value is -2.93. The molecule has 1 saturated carbocycles. The molecule has 0 atom stereocenters. The molecule has 1 aliphatic carbocycles. The molecule has 37 heavy (non-hydrogen) atoms. The Morgan fingerprint density at radius 3 is 2.14 bits per heavy atom. The van der Waals surface area contributed by atoms with Gasteiger partial charge in [-0.15, -0.1) is 0 Å². The number of methoxy groups -OCH3 is 4. The molecule has 4 rings (SSSR count). The monoisotopic (exact) mass is 510 g/mol. The molecule has 0 unspecified atom stereocenters. The van der Waals surface area contributed by atoms with Gasteiger partial charge in [0.25, 0.3) is 0 Å². The minimum Gasteiger partial charge on any atom is -0.493 e. The SMILES string of the molecule is COc1ccc(C2(CCN(C)CCCN3CCc4cc(OC)c(OC)cc4CC3=O)CCC2)cc1OC. The van der Waals surface area contributed by atoms with Crippen LogP contribution in [0.25, 0.3) is 0 Å². The number of carbonyl (C=O) groups excluding carboxylic acids is 1. The first-order chi connectivity index (χ1) is 17.9. The summed E-state index contributed by atoms with van der Waals surface area (Å²) in [5.41, 5.74) is 3.80. The van der Waals surface area contributed by atoms with Crippen LogP contribution in [-0.4, -0.2) is 77.4 Å². The maximum Gasteiger partial charge on any atom is 0.227 e. The molecule has 1 amide bonds. The van der Waals surface area contributed by atoms with Crippen LogP contribution in [0, 0.1) is 0 Å². The van der Waals surface area contributed by atoms with Gasteiger partial charge in [-0.2, -0.15) is 0 Å². The summed E-state index contributed by atoms with van der Waals surface area (Å²) in [6, 6.07) is 10.4. The molecule has 0 saturated heterocycles. The molecule has 2 aromatic carbocycles. The molecule has 0 spiro atoms.